The number of carboxylic acid groups (broad SMARTS) is 1. The number of carboxylic acids is 1. The maximum atomic E-state index is 12.7. The number of hydrogen-bond acceptors (Lipinski definition) is 5. The van der Waals surface area contributed by atoms with Gasteiger partial charge in [0.1, 0.15) is 6.26 Å². The van der Waals surface area contributed by atoms with Gasteiger partial charge in [0.2, 0.25) is 0 Å². The number of thiazole rings is 1. The number of amides is 1. The quantitative estimate of drug-likeness (QED) is 0.889. The van der Waals surface area contributed by atoms with Crippen LogP contribution in [0.1, 0.15) is 50.4 Å². The Balaban J connectivity index is 1.73. The van der Waals surface area contributed by atoms with E-state index >= 15 is 0 Å². The fourth-order valence-electron chi connectivity index (χ4n) is 2.68. The lowest BCUT2D eigenvalue weighted by molar-refractivity contribution is -0.140. The van der Waals surface area contributed by atoms with Crippen LogP contribution in [-0.2, 0) is 6.18 Å². The molecule has 25 heavy (non-hydrogen) atoms. The van der Waals surface area contributed by atoms with E-state index in [1.807, 2.05) is 0 Å². The maximum absolute atomic E-state index is 12.7. The van der Waals surface area contributed by atoms with E-state index in [2.05, 4.69) is 4.98 Å². The Morgan fingerprint density at radius 3 is 2.76 bits per heavy atom. The number of aromatic carboxylic acids is 1. The summed E-state index contributed by atoms with van der Waals surface area (Å²) in [5, 5.41) is 10.2. The summed E-state index contributed by atoms with van der Waals surface area (Å²) in [7, 11) is 0. The number of piperidine rings is 1. The second-order valence-electron chi connectivity index (χ2n) is 5.66. The van der Waals surface area contributed by atoms with Crippen molar-refractivity contribution < 1.29 is 32.3 Å². The predicted molar refractivity (Wildman–Crippen MR) is 80.7 cm³/mol. The van der Waals surface area contributed by atoms with Crippen LogP contribution in [0.3, 0.4) is 0 Å². The largest absolute Gasteiger partial charge is 0.478 e. The van der Waals surface area contributed by atoms with Crippen LogP contribution in [0.4, 0.5) is 13.2 Å². The van der Waals surface area contributed by atoms with Crippen molar-refractivity contribution in [2.24, 2.45) is 0 Å². The number of carbonyl (C=O) groups is 2. The molecule has 0 radical (unpaired) electrons. The maximum Gasteiger partial charge on any atom is 0.434 e. The average molecular weight is 374 g/mol. The SMILES string of the molecule is O=C(O)c1coc(C(=O)N2CCCC(c3nc(C(F)(F)F)cs3)C2)c1. The zero-order valence-corrected chi connectivity index (χ0v) is 13.6. The number of nitrogens with zero attached hydrogens (tertiary/aromatic N) is 2. The van der Waals surface area contributed by atoms with E-state index in [-0.39, 0.29) is 23.8 Å². The van der Waals surface area contributed by atoms with Gasteiger partial charge in [-0.3, -0.25) is 4.79 Å². The summed E-state index contributed by atoms with van der Waals surface area (Å²) in [6.45, 7) is 0.642. The minimum atomic E-state index is -4.49. The first-order valence-electron chi connectivity index (χ1n) is 7.39. The van der Waals surface area contributed by atoms with Crippen molar-refractivity contribution in [2.75, 3.05) is 13.1 Å². The van der Waals surface area contributed by atoms with E-state index in [1.54, 1.807) is 0 Å². The molecular weight excluding hydrogens is 361 g/mol. The zero-order valence-electron chi connectivity index (χ0n) is 12.7. The minimum absolute atomic E-state index is 0.104. The molecular formula is C15H13F3N2O4S. The van der Waals surface area contributed by atoms with Gasteiger partial charge in [-0.2, -0.15) is 13.2 Å². The molecule has 1 aliphatic heterocycles. The summed E-state index contributed by atoms with van der Waals surface area (Å²) in [5.41, 5.74) is -1.06. The molecule has 0 bridgehead atoms. The van der Waals surface area contributed by atoms with Gasteiger partial charge in [0.05, 0.1) is 10.6 Å². The fourth-order valence-corrected chi connectivity index (χ4v) is 3.64. The molecule has 6 nitrogen and oxygen atoms in total. The van der Waals surface area contributed by atoms with E-state index in [1.165, 1.54) is 4.90 Å². The highest BCUT2D eigenvalue weighted by Crippen LogP contribution is 2.35. The summed E-state index contributed by atoms with van der Waals surface area (Å²) < 4.78 is 43.0. The van der Waals surface area contributed by atoms with Crippen LogP contribution in [0.2, 0.25) is 0 Å². The highest BCUT2D eigenvalue weighted by atomic mass is 32.1. The summed E-state index contributed by atoms with van der Waals surface area (Å²) in [6, 6.07) is 1.14. The van der Waals surface area contributed by atoms with Gasteiger partial charge in [0.25, 0.3) is 5.91 Å². The van der Waals surface area contributed by atoms with Crippen LogP contribution >= 0.6 is 11.3 Å². The molecule has 1 amide bonds. The molecule has 0 aliphatic carbocycles. The summed E-state index contributed by atoms with van der Waals surface area (Å²) in [6.07, 6.45) is -2.26. The molecule has 134 valence electrons. The standard InChI is InChI=1S/C15H13F3N2O4S/c16-15(17,18)11-7-25-12(19-11)8-2-1-3-20(5-8)13(21)10-4-9(6-24-10)14(22)23/h4,6-8H,1-3,5H2,(H,22,23). The lowest BCUT2D eigenvalue weighted by atomic mass is 9.98. The molecule has 3 rings (SSSR count). The molecule has 0 spiro atoms. The molecule has 3 heterocycles. The van der Waals surface area contributed by atoms with Gasteiger partial charge in [-0.05, 0) is 12.8 Å². The van der Waals surface area contributed by atoms with Gasteiger partial charge in [-0.1, -0.05) is 0 Å². The zero-order chi connectivity index (χ0) is 18.2. The lowest BCUT2D eigenvalue weighted by Gasteiger charge is -2.31. The molecule has 1 atom stereocenters. The first kappa shape index (κ1) is 17.5. The van der Waals surface area contributed by atoms with Crippen molar-refractivity contribution in [1.29, 1.82) is 0 Å². The van der Waals surface area contributed by atoms with Crippen LogP contribution in [0.5, 0.6) is 0 Å². The average Bonchev–Trinajstić information content (AvgIpc) is 3.23. The highest BCUT2D eigenvalue weighted by Gasteiger charge is 2.35. The number of halogens is 3. The van der Waals surface area contributed by atoms with Gasteiger partial charge in [0, 0.05) is 30.5 Å². The Labute approximate surface area is 143 Å². The molecule has 10 heteroatoms. The number of hydrogen-bond donors (Lipinski definition) is 1. The Hall–Kier alpha value is -2.36. The fraction of sp³-hybridized carbons (Fsp3) is 0.400. The Morgan fingerprint density at radius 1 is 1.40 bits per heavy atom. The molecule has 0 saturated carbocycles. The van der Waals surface area contributed by atoms with E-state index in [0.717, 1.165) is 29.0 Å². The molecule has 2 aromatic heterocycles. The van der Waals surface area contributed by atoms with Crippen LogP contribution in [0.15, 0.2) is 22.1 Å². The third kappa shape index (κ3) is 3.68. The van der Waals surface area contributed by atoms with Gasteiger partial charge in [0.15, 0.2) is 11.5 Å². The second-order valence-corrected chi connectivity index (χ2v) is 6.55. The third-order valence-electron chi connectivity index (χ3n) is 3.93. The summed E-state index contributed by atoms with van der Waals surface area (Å²) in [4.78, 5) is 28.4. The lowest BCUT2D eigenvalue weighted by Crippen LogP contribution is -2.39. The number of carbonyl (C=O) groups excluding carboxylic acids is 1. The highest BCUT2D eigenvalue weighted by molar-refractivity contribution is 7.09. The van der Waals surface area contributed by atoms with Crippen molar-refractivity contribution >= 4 is 23.2 Å². The number of furan rings is 1. The first-order chi connectivity index (χ1) is 11.8. The van der Waals surface area contributed by atoms with Crippen molar-refractivity contribution in [3.63, 3.8) is 0 Å². The van der Waals surface area contributed by atoms with Gasteiger partial charge in [-0.15, -0.1) is 11.3 Å². The first-order valence-corrected chi connectivity index (χ1v) is 8.27. The van der Waals surface area contributed by atoms with Crippen molar-refractivity contribution in [2.45, 2.75) is 24.9 Å². The number of rotatable bonds is 3. The molecule has 1 N–H and O–H groups in total. The second kappa shape index (κ2) is 6.51. The topological polar surface area (TPSA) is 83.6 Å². The monoisotopic (exact) mass is 374 g/mol. The Morgan fingerprint density at radius 2 is 2.16 bits per heavy atom. The Kier molecular flexibility index (Phi) is 4.55. The van der Waals surface area contributed by atoms with E-state index in [9.17, 15) is 22.8 Å². The van der Waals surface area contributed by atoms with Gasteiger partial charge < -0.3 is 14.4 Å². The molecule has 2 aromatic rings. The van der Waals surface area contributed by atoms with E-state index in [0.29, 0.717) is 24.4 Å². The van der Waals surface area contributed by atoms with Crippen LogP contribution in [-0.4, -0.2) is 40.0 Å². The number of alkyl halides is 3. The van der Waals surface area contributed by atoms with Gasteiger partial charge >= 0.3 is 12.1 Å². The molecule has 1 unspecified atom stereocenters. The normalized spacial score (nSPS) is 18.4. The van der Waals surface area contributed by atoms with E-state index in [4.69, 9.17) is 9.52 Å². The van der Waals surface area contributed by atoms with E-state index < -0.39 is 23.7 Å². The summed E-state index contributed by atoms with van der Waals surface area (Å²) in [5.74, 6) is -2.08. The van der Waals surface area contributed by atoms with Crippen molar-refractivity contribution in [1.82, 2.24) is 9.88 Å². The van der Waals surface area contributed by atoms with Crippen LogP contribution in [0, 0.1) is 0 Å². The Bertz CT molecular complexity index is 799. The number of aromatic nitrogens is 1. The third-order valence-corrected chi connectivity index (χ3v) is 4.93. The number of likely N-dealkylation sites (tertiary alicyclic amines) is 1. The van der Waals surface area contributed by atoms with Crippen LogP contribution < -0.4 is 0 Å². The molecule has 1 aliphatic rings. The minimum Gasteiger partial charge on any atom is -0.478 e. The van der Waals surface area contributed by atoms with Crippen molar-refractivity contribution in [3.8, 4) is 0 Å². The van der Waals surface area contributed by atoms with Crippen LogP contribution in [0.25, 0.3) is 0 Å². The smallest absolute Gasteiger partial charge is 0.434 e. The summed E-state index contributed by atoms with van der Waals surface area (Å²) >= 11 is 0.930. The van der Waals surface area contributed by atoms with Crippen molar-refractivity contribution in [3.05, 3.63) is 39.7 Å². The molecule has 0 aromatic carbocycles. The predicted octanol–water partition coefficient (Wildman–Crippen LogP) is 3.47. The van der Waals surface area contributed by atoms with Gasteiger partial charge in [-0.25, -0.2) is 9.78 Å². The molecule has 1 saturated heterocycles. The molecule has 1 fully saturated rings.